The first-order valence-electron chi connectivity index (χ1n) is 33.8. The molecule has 0 fully saturated rings. The molecule has 0 radical (unpaired) electrons. The number of benzene rings is 15. The summed E-state index contributed by atoms with van der Waals surface area (Å²) in [6.07, 6.45) is 0. The summed E-state index contributed by atoms with van der Waals surface area (Å²) in [5, 5.41) is 8.77. The van der Waals surface area contributed by atoms with E-state index >= 15 is 0 Å². The van der Waals surface area contributed by atoms with Crippen LogP contribution in [-0.4, -0.2) is 10.2 Å². The van der Waals surface area contributed by atoms with Crippen LogP contribution in [0.2, 0.25) is 0 Å². The van der Waals surface area contributed by atoms with Gasteiger partial charge in [0.1, 0.15) is 0 Å². The molecule has 4 nitrogen and oxygen atoms in total. The minimum Gasteiger partial charge on any atom is -0.416 e. The summed E-state index contributed by atoms with van der Waals surface area (Å²) in [5.74, 6) is 0.986. The second-order valence-corrected chi connectivity index (χ2v) is 26.2. The van der Waals surface area contributed by atoms with Gasteiger partial charge < -0.3 is 9.32 Å². The van der Waals surface area contributed by atoms with Gasteiger partial charge in [-0.1, -0.05) is 285 Å². The lowest BCUT2D eigenvalue weighted by atomic mass is 9.70. The Morgan fingerprint density at radius 1 is 0.184 bits per heavy atom. The standard InChI is InChI=1S/C94H59N3O/c1-2-20-64(21-3-1)91-95-96-92(98-91)65-40-38-62(39-41-65)71-22-4-6-24-73(71)74-25-7-5-23-72(74)63-46-54-70(55-47-63)97(68-50-42-60(43-51-68)66-48-56-81-79-30-12-18-36-87(79)93(89(81)58-66)83-32-14-8-26-75(83)76-27-9-15-33-84(76)93)69-52-44-61(45-53-69)67-49-57-82-80-31-13-19-37-88(80)94(90(82)59-67)85-34-16-10-28-77(85)78-29-11-17-35-86(78)94/h1-59H. The molecule has 0 unspecified atom stereocenters. The molecule has 4 heteroatoms. The van der Waals surface area contributed by atoms with Crippen LogP contribution in [0.1, 0.15) is 44.5 Å². The Hall–Kier alpha value is -12.8. The van der Waals surface area contributed by atoms with Crippen LogP contribution < -0.4 is 4.90 Å². The second kappa shape index (κ2) is 21.9. The first kappa shape index (κ1) is 55.7. The van der Waals surface area contributed by atoms with E-state index in [9.17, 15) is 0 Å². The van der Waals surface area contributed by atoms with Gasteiger partial charge in [0.05, 0.1) is 10.8 Å². The second-order valence-electron chi connectivity index (χ2n) is 26.2. The van der Waals surface area contributed by atoms with Crippen LogP contribution in [0, 0.1) is 0 Å². The lowest BCUT2D eigenvalue weighted by molar-refractivity contribution is 0.584. The van der Waals surface area contributed by atoms with Gasteiger partial charge in [0.2, 0.25) is 11.8 Å². The molecule has 0 saturated carbocycles. The average molecular weight is 1250 g/mol. The molecular formula is C94H59N3O. The highest BCUT2D eigenvalue weighted by molar-refractivity contribution is 5.99. The van der Waals surface area contributed by atoms with Crippen LogP contribution in [-0.2, 0) is 10.8 Å². The molecule has 1 aromatic heterocycles. The van der Waals surface area contributed by atoms with Gasteiger partial charge in [-0.25, -0.2) is 0 Å². The van der Waals surface area contributed by atoms with E-state index in [1.54, 1.807) is 0 Å². The van der Waals surface area contributed by atoms with Crippen LogP contribution in [0.4, 0.5) is 17.1 Å². The Balaban J connectivity index is 0.675. The van der Waals surface area contributed by atoms with E-state index in [1.807, 2.05) is 30.3 Å². The molecule has 456 valence electrons. The Labute approximate surface area is 569 Å². The molecule has 0 aliphatic heterocycles. The Morgan fingerprint density at radius 3 is 0.776 bits per heavy atom. The molecule has 4 aliphatic rings. The molecule has 98 heavy (non-hydrogen) atoms. The van der Waals surface area contributed by atoms with E-state index in [1.165, 1.54) is 100 Å². The van der Waals surface area contributed by atoms with Gasteiger partial charge in [-0.3, -0.25) is 0 Å². The maximum absolute atomic E-state index is 6.15. The molecule has 0 saturated heterocycles. The summed E-state index contributed by atoms with van der Waals surface area (Å²) in [6.45, 7) is 0. The fraction of sp³-hybridized carbons (Fsp3) is 0.0213. The SMILES string of the molecule is c1ccc(-c2nnc(-c3ccc(-c4ccccc4-c4ccccc4-c4ccc(N(c5ccc(-c6ccc7c(c6)C6(c8ccccc8-c8ccccc86)c6ccccc6-7)cc5)c5ccc(-c6ccc7c(c6)C6(c8ccccc8-c8ccccc86)c6ccccc6-7)cc5)cc4)cc3)o2)cc1. The summed E-state index contributed by atoms with van der Waals surface area (Å²) in [6, 6.07) is 132. The van der Waals surface area contributed by atoms with Gasteiger partial charge in [-0.15, -0.1) is 10.2 Å². The number of hydrogen-bond acceptors (Lipinski definition) is 4. The predicted octanol–water partition coefficient (Wildman–Crippen LogP) is 23.9. The molecule has 0 amide bonds. The van der Waals surface area contributed by atoms with Crippen LogP contribution in [0.5, 0.6) is 0 Å². The molecule has 2 spiro atoms. The van der Waals surface area contributed by atoms with Crippen molar-refractivity contribution in [2.45, 2.75) is 10.8 Å². The van der Waals surface area contributed by atoms with Crippen molar-refractivity contribution in [2.75, 3.05) is 4.90 Å². The van der Waals surface area contributed by atoms with Crippen molar-refractivity contribution in [1.82, 2.24) is 10.2 Å². The smallest absolute Gasteiger partial charge is 0.248 e. The highest BCUT2D eigenvalue weighted by atomic mass is 16.4. The van der Waals surface area contributed by atoms with Crippen molar-refractivity contribution < 1.29 is 4.42 Å². The third-order valence-corrected chi connectivity index (χ3v) is 21.4. The summed E-state index contributed by atoms with van der Waals surface area (Å²) >= 11 is 0. The summed E-state index contributed by atoms with van der Waals surface area (Å²) in [4.78, 5) is 2.40. The van der Waals surface area contributed by atoms with E-state index in [2.05, 4.69) is 343 Å². The third kappa shape index (κ3) is 8.19. The molecule has 0 bridgehead atoms. The Kier molecular flexibility index (Phi) is 12.4. The van der Waals surface area contributed by atoms with Crippen LogP contribution >= 0.6 is 0 Å². The van der Waals surface area contributed by atoms with Crippen LogP contribution in [0.15, 0.2) is 362 Å². The third-order valence-electron chi connectivity index (χ3n) is 21.4. The van der Waals surface area contributed by atoms with Gasteiger partial charge in [0.25, 0.3) is 0 Å². The van der Waals surface area contributed by atoms with Gasteiger partial charge in [0, 0.05) is 28.2 Å². The lowest BCUT2D eigenvalue weighted by Gasteiger charge is -2.30. The summed E-state index contributed by atoms with van der Waals surface area (Å²) < 4.78 is 6.15. The topological polar surface area (TPSA) is 42.2 Å². The van der Waals surface area contributed by atoms with Crippen LogP contribution in [0.25, 0.3) is 123 Å². The van der Waals surface area contributed by atoms with E-state index < -0.39 is 10.8 Å². The molecular weight excluding hydrogens is 1190 g/mol. The van der Waals surface area contributed by atoms with Crippen molar-refractivity contribution in [3.63, 3.8) is 0 Å². The first-order valence-corrected chi connectivity index (χ1v) is 33.8. The minimum atomic E-state index is -0.425. The van der Waals surface area contributed by atoms with Crippen molar-refractivity contribution in [3.05, 3.63) is 402 Å². The zero-order valence-corrected chi connectivity index (χ0v) is 53.3. The number of rotatable bonds is 10. The number of hydrogen-bond donors (Lipinski definition) is 0. The Bertz CT molecular complexity index is 5500. The Morgan fingerprint density at radius 2 is 0.429 bits per heavy atom. The van der Waals surface area contributed by atoms with Crippen LogP contribution in [0.3, 0.4) is 0 Å². The molecule has 0 atom stereocenters. The fourth-order valence-corrected chi connectivity index (χ4v) is 17.2. The molecule has 15 aromatic carbocycles. The summed E-state index contributed by atoms with van der Waals surface area (Å²) in [7, 11) is 0. The predicted molar refractivity (Wildman–Crippen MR) is 400 cm³/mol. The average Bonchev–Trinajstić information content (AvgIpc) is 1.52. The monoisotopic (exact) mass is 1250 g/mol. The quantitative estimate of drug-likeness (QED) is 0.137. The van der Waals surface area contributed by atoms with E-state index in [4.69, 9.17) is 4.42 Å². The van der Waals surface area contributed by atoms with Gasteiger partial charge in [-0.05, 0) is 217 Å². The maximum Gasteiger partial charge on any atom is 0.248 e. The van der Waals surface area contributed by atoms with Crippen molar-refractivity contribution in [2.24, 2.45) is 0 Å². The normalized spacial score (nSPS) is 13.3. The zero-order valence-electron chi connectivity index (χ0n) is 53.3. The number of anilines is 3. The molecule has 0 N–H and O–H groups in total. The number of aromatic nitrogens is 2. The van der Waals surface area contributed by atoms with Crippen molar-refractivity contribution in [1.29, 1.82) is 0 Å². The summed E-state index contributed by atoms with van der Waals surface area (Å²) in [5.41, 5.74) is 36.7. The highest BCUT2D eigenvalue weighted by Crippen LogP contribution is 2.65. The lowest BCUT2D eigenvalue weighted by Crippen LogP contribution is -2.25. The van der Waals surface area contributed by atoms with Gasteiger partial charge in [-0.2, -0.15) is 0 Å². The number of nitrogens with zero attached hydrogens (tertiary/aromatic N) is 3. The highest BCUT2D eigenvalue weighted by Gasteiger charge is 2.53. The molecule has 20 rings (SSSR count). The van der Waals surface area contributed by atoms with E-state index in [0.29, 0.717) is 11.8 Å². The zero-order chi connectivity index (χ0) is 64.5. The maximum atomic E-state index is 6.15. The first-order chi connectivity index (χ1) is 48.6. The van der Waals surface area contributed by atoms with E-state index in [-0.39, 0.29) is 0 Å². The minimum absolute atomic E-state index is 0.425. The molecule has 4 aliphatic carbocycles. The van der Waals surface area contributed by atoms with Crippen molar-refractivity contribution in [3.8, 4) is 123 Å². The number of fused-ring (bicyclic) bond motifs is 20. The molecule has 1 heterocycles. The van der Waals surface area contributed by atoms with E-state index in [0.717, 1.165) is 72.7 Å². The van der Waals surface area contributed by atoms with Crippen molar-refractivity contribution >= 4 is 17.1 Å². The van der Waals surface area contributed by atoms with Gasteiger partial charge in [0.15, 0.2) is 0 Å². The molecule has 16 aromatic rings. The van der Waals surface area contributed by atoms with Gasteiger partial charge >= 0.3 is 0 Å². The fourth-order valence-electron chi connectivity index (χ4n) is 17.2. The largest absolute Gasteiger partial charge is 0.416 e.